The third kappa shape index (κ3) is 5.84. The van der Waals surface area contributed by atoms with E-state index in [9.17, 15) is 9.59 Å². The van der Waals surface area contributed by atoms with Gasteiger partial charge in [0.2, 0.25) is 5.91 Å². The first kappa shape index (κ1) is 20.4. The van der Waals surface area contributed by atoms with Gasteiger partial charge in [0, 0.05) is 38.2 Å². The van der Waals surface area contributed by atoms with E-state index in [2.05, 4.69) is 10.6 Å². The second-order valence-corrected chi connectivity index (χ2v) is 9.09. The summed E-state index contributed by atoms with van der Waals surface area (Å²) in [6, 6.07) is 0.577. The normalized spacial score (nSPS) is 26.2. The van der Waals surface area contributed by atoms with Crippen molar-refractivity contribution >= 4 is 11.9 Å². The van der Waals surface area contributed by atoms with Gasteiger partial charge in [-0.25, -0.2) is 4.79 Å². The van der Waals surface area contributed by atoms with Crippen molar-refractivity contribution in [3.05, 3.63) is 0 Å². The van der Waals surface area contributed by atoms with Gasteiger partial charge in [0.15, 0.2) is 0 Å². The Morgan fingerprint density at radius 3 is 2.48 bits per heavy atom. The number of urea groups is 1. The maximum Gasteiger partial charge on any atom is 0.317 e. The Kier molecular flexibility index (Phi) is 7.01. The minimum atomic E-state index is -0.136. The van der Waals surface area contributed by atoms with Crippen molar-refractivity contribution < 1.29 is 14.3 Å². The molecule has 2 N–H and O–H groups in total. The maximum absolute atomic E-state index is 12.5. The van der Waals surface area contributed by atoms with Gasteiger partial charge in [-0.15, -0.1) is 0 Å². The summed E-state index contributed by atoms with van der Waals surface area (Å²) in [5, 5.41) is 6.23. The molecule has 6 nitrogen and oxygen atoms in total. The Labute approximate surface area is 163 Å². The fourth-order valence-corrected chi connectivity index (χ4v) is 4.90. The van der Waals surface area contributed by atoms with E-state index in [0.29, 0.717) is 18.4 Å². The third-order valence-corrected chi connectivity index (χ3v) is 6.41. The fraction of sp³-hybridized carbons (Fsp3) is 0.905. The van der Waals surface area contributed by atoms with Gasteiger partial charge < -0.3 is 20.3 Å². The zero-order valence-corrected chi connectivity index (χ0v) is 17.1. The monoisotopic (exact) mass is 379 g/mol. The average molecular weight is 380 g/mol. The van der Waals surface area contributed by atoms with Gasteiger partial charge in [0.1, 0.15) is 0 Å². The van der Waals surface area contributed by atoms with Gasteiger partial charge in [0.25, 0.3) is 0 Å². The number of hydrogen-bond acceptors (Lipinski definition) is 3. The van der Waals surface area contributed by atoms with Crippen molar-refractivity contribution in [2.75, 3.05) is 19.7 Å². The van der Waals surface area contributed by atoms with E-state index < -0.39 is 0 Å². The molecule has 0 bridgehead atoms. The molecule has 0 radical (unpaired) electrons. The SMILES string of the molecule is CC(C)NC(=O)N1CCC2(CC1)CC(CC(=O)NC1CCCCC1)CCO2. The molecule has 2 saturated heterocycles. The molecule has 154 valence electrons. The van der Waals surface area contributed by atoms with E-state index >= 15 is 0 Å². The quantitative estimate of drug-likeness (QED) is 0.788. The summed E-state index contributed by atoms with van der Waals surface area (Å²) >= 11 is 0. The Bertz CT molecular complexity index is 509. The van der Waals surface area contributed by atoms with Crippen LogP contribution in [0, 0.1) is 5.92 Å². The van der Waals surface area contributed by atoms with E-state index in [4.69, 9.17) is 4.74 Å². The number of nitrogens with one attached hydrogen (secondary N) is 2. The minimum absolute atomic E-state index is 0.0269. The van der Waals surface area contributed by atoms with Crippen molar-refractivity contribution in [1.82, 2.24) is 15.5 Å². The van der Waals surface area contributed by atoms with Crippen molar-refractivity contribution in [3.8, 4) is 0 Å². The van der Waals surface area contributed by atoms with E-state index in [1.807, 2.05) is 18.7 Å². The van der Waals surface area contributed by atoms with Crippen molar-refractivity contribution in [2.24, 2.45) is 5.92 Å². The first-order chi connectivity index (χ1) is 13.0. The summed E-state index contributed by atoms with van der Waals surface area (Å²) in [4.78, 5) is 26.6. The molecule has 27 heavy (non-hydrogen) atoms. The predicted molar refractivity (Wildman–Crippen MR) is 106 cm³/mol. The van der Waals surface area contributed by atoms with Crippen LogP contribution in [0.25, 0.3) is 0 Å². The summed E-state index contributed by atoms with van der Waals surface area (Å²) in [7, 11) is 0. The number of piperidine rings is 1. The van der Waals surface area contributed by atoms with E-state index in [1.54, 1.807) is 0 Å². The first-order valence-electron chi connectivity index (χ1n) is 10.9. The van der Waals surface area contributed by atoms with Crippen molar-refractivity contribution in [3.63, 3.8) is 0 Å². The number of amides is 3. The molecule has 3 rings (SSSR count). The molecule has 1 unspecified atom stereocenters. The minimum Gasteiger partial charge on any atom is -0.375 e. The van der Waals surface area contributed by atoms with Crippen LogP contribution in [0.4, 0.5) is 4.79 Å². The van der Waals surface area contributed by atoms with Gasteiger partial charge in [0.05, 0.1) is 5.60 Å². The van der Waals surface area contributed by atoms with Crippen LogP contribution in [0.15, 0.2) is 0 Å². The highest BCUT2D eigenvalue weighted by atomic mass is 16.5. The molecule has 2 aliphatic heterocycles. The lowest BCUT2D eigenvalue weighted by molar-refractivity contribution is -0.134. The molecule has 2 heterocycles. The van der Waals surface area contributed by atoms with Crippen molar-refractivity contribution in [1.29, 1.82) is 0 Å². The smallest absolute Gasteiger partial charge is 0.317 e. The zero-order chi connectivity index (χ0) is 19.3. The summed E-state index contributed by atoms with van der Waals surface area (Å²) in [6.07, 6.45) is 10.4. The molecule has 0 aromatic heterocycles. The molecular weight excluding hydrogens is 342 g/mol. The predicted octanol–water partition coefficient (Wildman–Crippen LogP) is 3.20. The number of likely N-dealkylation sites (tertiary alicyclic amines) is 1. The Balaban J connectivity index is 1.45. The molecule has 0 aromatic carbocycles. The van der Waals surface area contributed by atoms with Gasteiger partial charge in [-0.1, -0.05) is 19.3 Å². The van der Waals surface area contributed by atoms with Crippen molar-refractivity contribution in [2.45, 2.75) is 95.7 Å². The molecule has 1 aliphatic carbocycles. The summed E-state index contributed by atoms with van der Waals surface area (Å²) in [6.45, 7) is 6.17. The molecule has 1 atom stereocenters. The van der Waals surface area contributed by atoms with Gasteiger partial charge in [-0.2, -0.15) is 0 Å². The number of rotatable bonds is 4. The third-order valence-electron chi connectivity index (χ3n) is 6.41. The van der Waals surface area contributed by atoms with Crippen LogP contribution in [0.1, 0.15) is 78.1 Å². The average Bonchev–Trinajstić information content (AvgIpc) is 2.62. The fourth-order valence-electron chi connectivity index (χ4n) is 4.90. The second-order valence-electron chi connectivity index (χ2n) is 9.09. The molecule has 1 saturated carbocycles. The van der Waals surface area contributed by atoms with Crippen LogP contribution in [-0.2, 0) is 9.53 Å². The lowest BCUT2D eigenvalue weighted by Crippen LogP contribution is -2.53. The molecule has 0 aromatic rings. The lowest BCUT2D eigenvalue weighted by Gasteiger charge is -2.46. The molecule has 3 amide bonds. The number of carbonyl (C=O) groups excluding carboxylic acids is 2. The number of ether oxygens (including phenoxy) is 1. The van der Waals surface area contributed by atoms with Gasteiger partial charge >= 0.3 is 6.03 Å². The maximum atomic E-state index is 12.5. The number of hydrogen-bond donors (Lipinski definition) is 2. The van der Waals surface area contributed by atoms with E-state index in [-0.39, 0.29) is 23.6 Å². The van der Waals surface area contributed by atoms with E-state index in [1.165, 1.54) is 19.3 Å². The summed E-state index contributed by atoms with van der Waals surface area (Å²) in [5.41, 5.74) is -0.136. The number of carbonyl (C=O) groups is 2. The van der Waals surface area contributed by atoms with E-state index in [0.717, 1.165) is 58.2 Å². The molecule has 6 heteroatoms. The van der Waals surface area contributed by atoms with Crippen LogP contribution in [0.2, 0.25) is 0 Å². The van der Waals surface area contributed by atoms with Crippen LogP contribution >= 0.6 is 0 Å². The van der Waals surface area contributed by atoms with Crippen LogP contribution in [0.5, 0.6) is 0 Å². The van der Waals surface area contributed by atoms with Gasteiger partial charge in [-0.3, -0.25) is 4.79 Å². The Morgan fingerprint density at radius 2 is 1.81 bits per heavy atom. The Morgan fingerprint density at radius 1 is 1.11 bits per heavy atom. The second kappa shape index (κ2) is 9.26. The molecular formula is C21H37N3O3. The molecule has 1 spiro atoms. The first-order valence-corrected chi connectivity index (χ1v) is 10.9. The largest absolute Gasteiger partial charge is 0.375 e. The highest BCUT2D eigenvalue weighted by Gasteiger charge is 2.41. The molecule has 3 aliphatic rings. The topological polar surface area (TPSA) is 70.7 Å². The van der Waals surface area contributed by atoms with Crippen LogP contribution < -0.4 is 10.6 Å². The zero-order valence-electron chi connectivity index (χ0n) is 17.1. The van der Waals surface area contributed by atoms with Crippen LogP contribution in [0.3, 0.4) is 0 Å². The number of nitrogens with zero attached hydrogens (tertiary/aromatic N) is 1. The molecule has 3 fully saturated rings. The highest BCUT2D eigenvalue weighted by molar-refractivity contribution is 5.76. The van der Waals surface area contributed by atoms with Gasteiger partial charge in [-0.05, 0) is 58.3 Å². The van der Waals surface area contributed by atoms with Crippen LogP contribution in [-0.4, -0.2) is 54.2 Å². The highest BCUT2D eigenvalue weighted by Crippen LogP contribution is 2.38. The lowest BCUT2D eigenvalue weighted by atomic mass is 9.78. The standard InChI is InChI=1S/C21H37N3O3/c1-16(2)22-20(26)24-11-9-21(10-12-24)15-17(8-13-27-21)14-19(25)23-18-6-4-3-5-7-18/h16-18H,3-15H2,1-2H3,(H,22,26)(H,23,25). The summed E-state index contributed by atoms with van der Waals surface area (Å²) < 4.78 is 6.19. The summed E-state index contributed by atoms with van der Waals surface area (Å²) in [5.74, 6) is 0.621. The Hall–Kier alpha value is -1.30.